The molecule has 0 unspecified atom stereocenters. The normalized spacial score (nSPS) is 29.8. The standard InChI is InChI=1S/C29H32O10/c1-12-7-14(8-13(2)24(12)32)39-18-10-29(37,19(31)11-30)9-16-21(18)28(36)23-22(26(16)34)25(33)15-5-4-6-17(38-3)20(15)27(23)35/h4-6,12-14,18,24,30,32,34,36-37H,7-11H2,1-3H3/t12-,13+,14-,18-,24-,29+/m0/s1. The van der Waals surface area contributed by atoms with E-state index in [9.17, 15) is 39.9 Å². The number of carbonyl (C=O) groups is 3. The maximum Gasteiger partial charge on any atom is 0.202 e. The van der Waals surface area contributed by atoms with Crippen LogP contribution in [0.15, 0.2) is 18.2 Å². The predicted octanol–water partition coefficient (Wildman–Crippen LogP) is 1.97. The Labute approximate surface area is 224 Å². The number of aliphatic hydroxyl groups excluding tert-OH is 2. The monoisotopic (exact) mass is 540 g/mol. The molecule has 5 N–H and O–H groups in total. The minimum atomic E-state index is -2.15. The third-order valence-corrected chi connectivity index (χ3v) is 8.53. The van der Waals surface area contributed by atoms with Crippen molar-refractivity contribution in [2.75, 3.05) is 13.7 Å². The van der Waals surface area contributed by atoms with Crippen LogP contribution in [0.3, 0.4) is 0 Å². The highest BCUT2D eigenvalue weighted by Crippen LogP contribution is 2.52. The summed E-state index contributed by atoms with van der Waals surface area (Å²) < 4.78 is 11.6. The molecule has 0 aliphatic heterocycles. The van der Waals surface area contributed by atoms with Gasteiger partial charge in [0.05, 0.1) is 42.1 Å². The highest BCUT2D eigenvalue weighted by molar-refractivity contribution is 6.31. The molecule has 0 aromatic heterocycles. The van der Waals surface area contributed by atoms with E-state index in [0.717, 1.165) is 0 Å². The van der Waals surface area contributed by atoms with Gasteiger partial charge in [-0.2, -0.15) is 0 Å². The van der Waals surface area contributed by atoms with Crippen LogP contribution in [0, 0.1) is 11.8 Å². The smallest absolute Gasteiger partial charge is 0.202 e. The van der Waals surface area contributed by atoms with E-state index in [1.165, 1.54) is 25.3 Å². The topological polar surface area (TPSA) is 171 Å². The zero-order valence-corrected chi connectivity index (χ0v) is 21.9. The van der Waals surface area contributed by atoms with Crippen molar-refractivity contribution >= 4 is 17.3 Å². The third kappa shape index (κ3) is 4.13. The number of phenolic OH excluding ortho intramolecular Hbond substituents is 2. The number of aliphatic hydroxyl groups is 3. The Kier molecular flexibility index (Phi) is 6.79. The number of aromatic hydroxyl groups is 2. The molecule has 1 fully saturated rings. The van der Waals surface area contributed by atoms with E-state index in [1.54, 1.807) is 0 Å². The summed E-state index contributed by atoms with van der Waals surface area (Å²) >= 11 is 0. The molecule has 10 heteroatoms. The molecule has 0 amide bonds. The maximum absolute atomic E-state index is 13.7. The third-order valence-electron chi connectivity index (χ3n) is 8.53. The number of fused-ring (bicyclic) bond motifs is 3. The summed E-state index contributed by atoms with van der Waals surface area (Å²) in [5.41, 5.74) is -3.14. The molecule has 39 heavy (non-hydrogen) atoms. The number of ketones is 3. The Balaban J connectivity index is 1.69. The van der Waals surface area contributed by atoms with Crippen LogP contribution in [-0.4, -0.2) is 74.4 Å². The van der Waals surface area contributed by atoms with Crippen molar-refractivity contribution in [1.82, 2.24) is 0 Å². The van der Waals surface area contributed by atoms with E-state index in [4.69, 9.17) is 9.47 Å². The van der Waals surface area contributed by atoms with Gasteiger partial charge in [0.15, 0.2) is 11.6 Å². The summed E-state index contributed by atoms with van der Waals surface area (Å²) in [6.45, 7) is 2.79. The fraction of sp³-hybridized carbons (Fsp3) is 0.483. The first-order valence-electron chi connectivity index (χ1n) is 13.0. The lowest BCUT2D eigenvalue weighted by molar-refractivity contribution is -0.152. The van der Waals surface area contributed by atoms with E-state index >= 15 is 0 Å². The molecule has 0 radical (unpaired) electrons. The van der Waals surface area contributed by atoms with Gasteiger partial charge in [-0.25, -0.2) is 0 Å². The van der Waals surface area contributed by atoms with Crippen molar-refractivity contribution in [3.8, 4) is 17.2 Å². The SMILES string of the molecule is COc1cccc2c1C(=O)c1c(O)c3c(c(O)c1C2=O)C[C@](O)(C(=O)CO)C[C@@H]3O[C@@H]1C[C@@H](C)[C@@H](O)[C@@H](C)C1. The molecule has 6 atom stereocenters. The van der Waals surface area contributed by atoms with Crippen molar-refractivity contribution in [1.29, 1.82) is 0 Å². The second kappa shape index (κ2) is 9.71. The summed E-state index contributed by atoms with van der Waals surface area (Å²) in [6, 6.07) is 4.44. The number of hydrogen-bond acceptors (Lipinski definition) is 10. The van der Waals surface area contributed by atoms with Crippen molar-refractivity contribution in [2.45, 2.75) is 63.4 Å². The van der Waals surface area contributed by atoms with Gasteiger partial charge < -0.3 is 35.0 Å². The number of methoxy groups -OCH3 is 1. The largest absolute Gasteiger partial charge is 0.507 e. The van der Waals surface area contributed by atoms with E-state index < -0.39 is 76.9 Å². The van der Waals surface area contributed by atoms with Crippen molar-refractivity contribution in [3.05, 3.63) is 51.6 Å². The Morgan fingerprint density at radius 1 is 1.03 bits per heavy atom. The molecular formula is C29H32O10. The minimum absolute atomic E-state index is 0.00703. The van der Waals surface area contributed by atoms with Gasteiger partial charge in [-0.1, -0.05) is 26.0 Å². The summed E-state index contributed by atoms with van der Waals surface area (Å²) in [5, 5.41) is 54.2. The molecule has 0 saturated heterocycles. The van der Waals surface area contributed by atoms with Crippen molar-refractivity contribution in [3.63, 3.8) is 0 Å². The summed E-state index contributed by atoms with van der Waals surface area (Å²) in [4.78, 5) is 39.9. The number of ether oxygens (including phenoxy) is 2. The minimum Gasteiger partial charge on any atom is -0.507 e. The van der Waals surface area contributed by atoms with Gasteiger partial charge in [-0.05, 0) is 30.7 Å². The van der Waals surface area contributed by atoms with Gasteiger partial charge in [-0.3, -0.25) is 14.4 Å². The number of Topliss-reactive ketones (excluding diaryl/α,β-unsaturated/α-hetero) is 1. The number of phenols is 2. The highest BCUT2D eigenvalue weighted by Gasteiger charge is 2.50. The van der Waals surface area contributed by atoms with Crippen LogP contribution in [0.1, 0.15) is 82.2 Å². The van der Waals surface area contributed by atoms with Crippen LogP contribution >= 0.6 is 0 Å². The molecule has 3 aliphatic carbocycles. The Bertz CT molecular complexity index is 1370. The number of benzene rings is 2. The molecule has 2 aromatic rings. The van der Waals surface area contributed by atoms with Crippen LogP contribution in [0.4, 0.5) is 0 Å². The zero-order chi connectivity index (χ0) is 28.4. The molecule has 3 aliphatic rings. The summed E-state index contributed by atoms with van der Waals surface area (Å²) in [5.74, 6) is -3.64. The molecule has 208 valence electrons. The molecule has 10 nitrogen and oxygen atoms in total. The number of hydrogen-bond donors (Lipinski definition) is 5. The molecule has 0 spiro atoms. The number of rotatable bonds is 5. The lowest BCUT2D eigenvalue weighted by Gasteiger charge is -2.42. The van der Waals surface area contributed by atoms with Crippen LogP contribution in [-0.2, 0) is 16.0 Å². The van der Waals surface area contributed by atoms with Gasteiger partial charge >= 0.3 is 0 Å². The Hall–Kier alpha value is -3.31. The Morgan fingerprint density at radius 2 is 1.67 bits per heavy atom. The van der Waals surface area contributed by atoms with Gasteiger partial charge in [-0.15, -0.1) is 0 Å². The van der Waals surface area contributed by atoms with Gasteiger partial charge in [0.1, 0.15) is 29.5 Å². The van der Waals surface area contributed by atoms with E-state index in [0.29, 0.717) is 12.8 Å². The highest BCUT2D eigenvalue weighted by atomic mass is 16.5. The van der Waals surface area contributed by atoms with Gasteiger partial charge in [0.25, 0.3) is 0 Å². The molecule has 1 saturated carbocycles. The first-order valence-corrected chi connectivity index (χ1v) is 13.0. The van der Waals surface area contributed by atoms with Crippen LogP contribution in [0.5, 0.6) is 17.2 Å². The summed E-state index contributed by atoms with van der Waals surface area (Å²) in [7, 11) is 1.35. The molecule has 5 rings (SSSR count). The quantitative estimate of drug-likeness (QED) is 0.301. The van der Waals surface area contributed by atoms with E-state index in [1.807, 2.05) is 13.8 Å². The molecule has 0 heterocycles. The van der Waals surface area contributed by atoms with Gasteiger partial charge in [0.2, 0.25) is 5.78 Å². The predicted molar refractivity (Wildman–Crippen MR) is 136 cm³/mol. The molecular weight excluding hydrogens is 508 g/mol. The molecule has 0 bridgehead atoms. The first kappa shape index (κ1) is 27.3. The summed E-state index contributed by atoms with van der Waals surface area (Å²) in [6.07, 6.45) is -2.05. The fourth-order valence-corrected chi connectivity index (χ4v) is 6.50. The average Bonchev–Trinajstić information content (AvgIpc) is 2.90. The van der Waals surface area contributed by atoms with Crippen LogP contribution in [0.2, 0.25) is 0 Å². The lowest BCUT2D eigenvalue weighted by Crippen LogP contribution is -2.48. The Morgan fingerprint density at radius 3 is 2.28 bits per heavy atom. The lowest BCUT2D eigenvalue weighted by atomic mass is 9.71. The maximum atomic E-state index is 13.7. The molecule has 2 aromatic carbocycles. The van der Waals surface area contributed by atoms with Crippen LogP contribution < -0.4 is 4.74 Å². The van der Waals surface area contributed by atoms with Gasteiger partial charge in [0, 0.05) is 29.5 Å². The average molecular weight is 541 g/mol. The first-order chi connectivity index (χ1) is 18.4. The van der Waals surface area contributed by atoms with Crippen molar-refractivity contribution in [2.24, 2.45) is 11.8 Å². The second-order valence-electron chi connectivity index (χ2n) is 11.0. The van der Waals surface area contributed by atoms with E-state index in [2.05, 4.69) is 0 Å². The van der Waals surface area contributed by atoms with Crippen molar-refractivity contribution < 1.29 is 49.4 Å². The fourth-order valence-electron chi connectivity index (χ4n) is 6.50. The zero-order valence-electron chi connectivity index (χ0n) is 21.9. The van der Waals surface area contributed by atoms with Crippen LogP contribution in [0.25, 0.3) is 0 Å². The second-order valence-corrected chi connectivity index (χ2v) is 11.0. The number of carbonyl (C=O) groups excluding carboxylic acids is 3. The van der Waals surface area contributed by atoms with E-state index in [-0.39, 0.29) is 46.3 Å².